The SMILES string of the molecule is CCNc1ncc(F)c(Oc2ccc(F)c(Br)c2)n1. The third kappa shape index (κ3) is 3.37. The van der Waals surface area contributed by atoms with Crippen LogP contribution in [0.4, 0.5) is 14.7 Å². The molecule has 0 bridgehead atoms. The molecule has 1 aromatic carbocycles. The molecule has 4 nitrogen and oxygen atoms in total. The van der Waals surface area contributed by atoms with E-state index in [4.69, 9.17) is 4.74 Å². The van der Waals surface area contributed by atoms with E-state index in [0.717, 1.165) is 6.20 Å². The van der Waals surface area contributed by atoms with Crippen molar-refractivity contribution >= 4 is 21.9 Å². The molecule has 0 radical (unpaired) electrons. The summed E-state index contributed by atoms with van der Waals surface area (Å²) in [6.07, 6.45) is 1.01. The van der Waals surface area contributed by atoms with Gasteiger partial charge in [0.1, 0.15) is 11.6 Å². The number of benzene rings is 1. The van der Waals surface area contributed by atoms with Crippen LogP contribution >= 0.6 is 15.9 Å². The van der Waals surface area contributed by atoms with Gasteiger partial charge in [-0.1, -0.05) is 0 Å². The van der Waals surface area contributed by atoms with Crippen LogP contribution in [0.25, 0.3) is 0 Å². The summed E-state index contributed by atoms with van der Waals surface area (Å²) in [5.41, 5.74) is 0. The van der Waals surface area contributed by atoms with E-state index in [1.54, 1.807) is 0 Å². The van der Waals surface area contributed by atoms with Crippen molar-refractivity contribution in [2.75, 3.05) is 11.9 Å². The minimum atomic E-state index is -0.692. The summed E-state index contributed by atoms with van der Waals surface area (Å²) in [7, 11) is 0. The predicted octanol–water partition coefficient (Wildman–Crippen LogP) is 3.74. The summed E-state index contributed by atoms with van der Waals surface area (Å²) in [6.45, 7) is 2.47. The van der Waals surface area contributed by atoms with E-state index in [-0.39, 0.29) is 22.1 Å². The van der Waals surface area contributed by atoms with E-state index in [1.807, 2.05) is 6.92 Å². The van der Waals surface area contributed by atoms with Gasteiger partial charge in [-0.2, -0.15) is 9.37 Å². The fourth-order valence-electron chi connectivity index (χ4n) is 1.32. The molecule has 2 aromatic rings. The number of nitrogens with zero attached hydrogens (tertiary/aromatic N) is 2. The molecule has 0 aliphatic carbocycles. The Hall–Kier alpha value is -1.76. The summed E-state index contributed by atoms with van der Waals surface area (Å²) < 4.78 is 32.1. The highest BCUT2D eigenvalue weighted by Gasteiger charge is 2.10. The van der Waals surface area contributed by atoms with Gasteiger partial charge in [0.25, 0.3) is 5.88 Å². The maximum Gasteiger partial charge on any atom is 0.260 e. The molecular weight excluding hydrogens is 320 g/mol. The molecule has 2 rings (SSSR count). The Balaban J connectivity index is 2.26. The van der Waals surface area contributed by atoms with Crippen LogP contribution in [-0.4, -0.2) is 16.5 Å². The molecule has 0 spiro atoms. The van der Waals surface area contributed by atoms with Crippen LogP contribution < -0.4 is 10.1 Å². The van der Waals surface area contributed by atoms with Gasteiger partial charge in [-0.15, -0.1) is 0 Å². The highest BCUT2D eigenvalue weighted by molar-refractivity contribution is 9.10. The summed E-state index contributed by atoms with van der Waals surface area (Å²) >= 11 is 3.02. The van der Waals surface area contributed by atoms with Crippen LogP contribution in [0.3, 0.4) is 0 Å². The van der Waals surface area contributed by atoms with Crippen molar-refractivity contribution in [2.24, 2.45) is 0 Å². The average Bonchev–Trinajstić information content (AvgIpc) is 2.38. The van der Waals surface area contributed by atoms with Crippen molar-refractivity contribution in [3.8, 4) is 11.6 Å². The molecule has 100 valence electrons. The molecular formula is C12H10BrF2N3O. The second-order valence-electron chi connectivity index (χ2n) is 3.56. The van der Waals surface area contributed by atoms with E-state index in [9.17, 15) is 8.78 Å². The first-order valence-electron chi connectivity index (χ1n) is 5.49. The number of halogens is 3. The molecule has 7 heteroatoms. The van der Waals surface area contributed by atoms with E-state index in [1.165, 1.54) is 18.2 Å². The Kier molecular flexibility index (Phi) is 4.26. The zero-order valence-corrected chi connectivity index (χ0v) is 11.5. The smallest absolute Gasteiger partial charge is 0.260 e. The van der Waals surface area contributed by atoms with Crippen LogP contribution in [-0.2, 0) is 0 Å². The zero-order chi connectivity index (χ0) is 13.8. The Labute approximate surface area is 117 Å². The second kappa shape index (κ2) is 5.92. The lowest BCUT2D eigenvalue weighted by atomic mass is 10.3. The lowest BCUT2D eigenvalue weighted by Gasteiger charge is -2.08. The minimum absolute atomic E-state index is 0.218. The summed E-state index contributed by atoms with van der Waals surface area (Å²) in [5, 5.41) is 2.84. The van der Waals surface area contributed by atoms with Crippen molar-refractivity contribution in [3.05, 3.63) is 40.5 Å². The van der Waals surface area contributed by atoms with Crippen molar-refractivity contribution in [3.63, 3.8) is 0 Å². The van der Waals surface area contributed by atoms with E-state index in [2.05, 4.69) is 31.2 Å². The van der Waals surface area contributed by atoms with Gasteiger partial charge >= 0.3 is 0 Å². The topological polar surface area (TPSA) is 47.0 Å². The van der Waals surface area contributed by atoms with Crippen molar-refractivity contribution in [1.82, 2.24) is 9.97 Å². The quantitative estimate of drug-likeness (QED) is 0.928. The van der Waals surface area contributed by atoms with Crippen LogP contribution in [0.1, 0.15) is 6.92 Å². The Morgan fingerprint density at radius 3 is 2.79 bits per heavy atom. The molecule has 1 aromatic heterocycles. The molecule has 0 aliphatic rings. The summed E-state index contributed by atoms with van der Waals surface area (Å²) in [6, 6.07) is 3.99. The van der Waals surface area contributed by atoms with Crippen molar-refractivity contribution in [1.29, 1.82) is 0 Å². The molecule has 0 aliphatic heterocycles. The molecule has 0 unspecified atom stereocenters. The third-order valence-corrected chi connectivity index (χ3v) is 2.76. The zero-order valence-electron chi connectivity index (χ0n) is 9.95. The number of hydrogen-bond acceptors (Lipinski definition) is 4. The first-order valence-corrected chi connectivity index (χ1v) is 6.28. The maximum absolute atomic E-state index is 13.5. The van der Waals surface area contributed by atoms with E-state index < -0.39 is 11.6 Å². The summed E-state index contributed by atoms with van der Waals surface area (Å²) in [4.78, 5) is 7.64. The number of aromatic nitrogens is 2. The molecule has 0 saturated heterocycles. The maximum atomic E-state index is 13.5. The van der Waals surface area contributed by atoms with Gasteiger partial charge in [0.05, 0.1) is 10.7 Å². The van der Waals surface area contributed by atoms with Crippen molar-refractivity contribution in [2.45, 2.75) is 6.92 Å². The van der Waals surface area contributed by atoms with E-state index in [0.29, 0.717) is 6.54 Å². The highest BCUT2D eigenvalue weighted by Crippen LogP contribution is 2.27. The van der Waals surface area contributed by atoms with Gasteiger partial charge < -0.3 is 10.1 Å². The fourth-order valence-corrected chi connectivity index (χ4v) is 1.68. The Morgan fingerprint density at radius 1 is 1.32 bits per heavy atom. The predicted molar refractivity (Wildman–Crippen MR) is 70.3 cm³/mol. The normalized spacial score (nSPS) is 10.3. The van der Waals surface area contributed by atoms with Crippen LogP contribution in [0.5, 0.6) is 11.6 Å². The van der Waals surface area contributed by atoms with Crippen molar-refractivity contribution < 1.29 is 13.5 Å². The van der Waals surface area contributed by atoms with Crippen LogP contribution in [0.2, 0.25) is 0 Å². The Morgan fingerprint density at radius 2 is 2.11 bits per heavy atom. The second-order valence-corrected chi connectivity index (χ2v) is 4.41. The standard InChI is InChI=1S/C12H10BrF2N3O/c1-2-16-12-17-6-10(15)11(18-12)19-7-3-4-9(14)8(13)5-7/h3-6H,2H2,1H3,(H,16,17,18). The molecule has 0 amide bonds. The largest absolute Gasteiger partial charge is 0.436 e. The number of ether oxygens (including phenoxy) is 1. The van der Waals surface area contributed by atoms with Gasteiger partial charge in [0, 0.05) is 6.54 Å². The molecule has 19 heavy (non-hydrogen) atoms. The highest BCUT2D eigenvalue weighted by atomic mass is 79.9. The number of nitrogens with one attached hydrogen (secondary N) is 1. The van der Waals surface area contributed by atoms with Gasteiger partial charge in [-0.25, -0.2) is 9.37 Å². The summed E-state index contributed by atoms with van der Waals surface area (Å²) in [5.74, 6) is -0.802. The molecule has 0 saturated carbocycles. The van der Waals surface area contributed by atoms with Crippen LogP contribution in [0.15, 0.2) is 28.9 Å². The Bertz CT molecular complexity index is 595. The average molecular weight is 330 g/mol. The lowest BCUT2D eigenvalue weighted by Crippen LogP contribution is -2.04. The monoisotopic (exact) mass is 329 g/mol. The van der Waals surface area contributed by atoms with Gasteiger partial charge in [-0.3, -0.25) is 0 Å². The fraction of sp³-hybridized carbons (Fsp3) is 0.167. The number of hydrogen-bond donors (Lipinski definition) is 1. The van der Waals surface area contributed by atoms with Crippen LogP contribution in [0, 0.1) is 11.6 Å². The molecule has 0 fully saturated rings. The first-order chi connectivity index (χ1) is 9.10. The minimum Gasteiger partial charge on any atom is -0.436 e. The number of anilines is 1. The number of rotatable bonds is 4. The molecule has 0 atom stereocenters. The third-order valence-electron chi connectivity index (χ3n) is 2.15. The molecule has 1 heterocycles. The van der Waals surface area contributed by atoms with E-state index >= 15 is 0 Å². The molecule has 1 N–H and O–H groups in total. The van der Waals surface area contributed by atoms with Gasteiger partial charge in [0.2, 0.25) is 11.8 Å². The lowest BCUT2D eigenvalue weighted by molar-refractivity contribution is 0.419. The van der Waals surface area contributed by atoms with Gasteiger partial charge in [-0.05, 0) is 41.1 Å². The first kappa shape index (κ1) is 13.7. The van der Waals surface area contributed by atoms with Gasteiger partial charge in [0.15, 0.2) is 0 Å².